The van der Waals surface area contributed by atoms with Gasteiger partial charge in [0.25, 0.3) is 0 Å². The van der Waals surface area contributed by atoms with Gasteiger partial charge in [0.05, 0.1) is 38.1 Å². The van der Waals surface area contributed by atoms with Crippen LogP contribution in [-0.4, -0.2) is 262 Å². The fraction of sp³-hybridized carbons (Fsp3) is 0.931. The van der Waals surface area contributed by atoms with Crippen LogP contribution in [0.4, 0.5) is 0 Å². The monoisotopic (exact) mass is 1220 g/mol. The van der Waals surface area contributed by atoms with Crippen LogP contribution >= 0.6 is 0 Å². The van der Waals surface area contributed by atoms with Gasteiger partial charge in [-0.05, 0) is 110 Å². The van der Waals surface area contributed by atoms with Gasteiger partial charge >= 0.3 is 11.9 Å². The molecule has 10 rings (SSSR count). The van der Waals surface area contributed by atoms with Crippen LogP contribution in [-0.2, 0) is 57.0 Å². The van der Waals surface area contributed by atoms with Crippen molar-refractivity contribution in [2.24, 2.45) is 50.2 Å². The molecule has 27 heteroatoms. The first kappa shape index (κ1) is 65.7. The second kappa shape index (κ2) is 23.8. The normalized spacial score (nSPS) is 54.1. The Morgan fingerprint density at radius 1 is 0.576 bits per heavy atom. The Morgan fingerprint density at radius 2 is 1.16 bits per heavy atom. The average Bonchev–Trinajstić information content (AvgIpc) is 0.734. The zero-order chi connectivity index (χ0) is 62.2. The third kappa shape index (κ3) is 10.9. The fourth-order valence-corrected chi connectivity index (χ4v) is 17.5. The van der Waals surface area contributed by atoms with E-state index < -0.39 is 213 Å². The lowest BCUT2D eigenvalue weighted by Crippen LogP contribution is -2.68. The summed E-state index contributed by atoms with van der Waals surface area (Å²) < 4.78 is 59.9. The molecule has 32 atom stereocenters. The van der Waals surface area contributed by atoms with Gasteiger partial charge in [0.1, 0.15) is 97.0 Å². The molecule has 15 N–H and O–H groups in total. The molecule has 0 radical (unpaired) electrons. The molecule has 9 fully saturated rings. The second-order valence-electron chi connectivity index (χ2n) is 28.3. The largest absolute Gasteiger partial charge is 0.479 e. The minimum atomic E-state index is -2.06. The molecule has 1 unspecified atom stereocenters. The highest BCUT2D eigenvalue weighted by atomic mass is 16.8. The molecular weight excluding hydrogens is 1130 g/mol. The van der Waals surface area contributed by atoms with Gasteiger partial charge in [-0.2, -0.15) is 0 Å². The highest BCUT2D eigenvalue weighted by molar-refractivity contribution is 5.80. The first-order valence-corrected chi connectivity index (χ1v) is 30.1. The summed E-state index contributed by atoms with van der Waals surface area (Å²) in [6.45, 7) is 14.8. The lowest BCUT2D eigenvalue weighted by Gasteiger charge is -2.71. The summed E-state index contributed by atoms with van der Waals surface area (Å²) in [5.74, 6) is -2.78. The number of aliphatic carboxylic acids is 1. The molecule has 486 valence electrons. The first-order valence-electron chi connectivity index (χ1n) is 30.1. The number of rotatable bonds is 12. The number of allylic oxidation sites excluding steroid dienone is 2. The zero-order valence-corrected chi connectivity index (χ0v) is 49.3. The van der Waals surface area contributed by atoms with E-state index in [1.807, 2.05) is 0 Å². The number of aliphatic hydroxyl groups is 14. The number of carbonyl (C=O) groups excluding carboxylic acids is 1. The Kier molecular flexibility index (Phi) is 18.4. The molecule has 0 aromatic heterocycles. The Labute approximate surface area is 492 Å². The molecule has 27 nitrogen and oxygen atoms in total. The van der Waals surface area contributed by atoms with Gasteiger partial charge in [-0.3, -0.25) is 4.79 Å². The summed E-state index contributed by atoms with van der Waals surface area (Å²) in [5, 5.41) is 163. The summed E-state index contributed by atoms with van der Waals surface area (Å²) in [7, 11) is 0. The molecule has 4 saturated carbocycles. The molecule has 5 aliphatic heterocycles. The summed E-state index contributed by atoms with van der Waals surface area (Å²) >= 11 is 0. The highest BCUT2D eigenvalue weighted by Gasteiger charge is 2.72. The van der Waals surface area contributed by atoms with E-state index in [1.54, 1.807) is 0 Å². The van der Waals surface area contributed by atoms with Crippen molar-refractivity contribution in [3.05, 3.63) is 11.6 Å². The molecule has 5 aliphatic carbocycles. The third-order valence-corrected chi connectivity index (χ3v) is 22.7. The number of ether oxygens (including phenoxy) is 10. The summed E-state index contributed by atoms with van der Waals surface area (Å²) in [6, 6.07) is 0. The van der Waals surface area contributed by atoms with Crippen LogP contribution in [0, 0.1) is 50.2 Å². The molecule has 0 spiro atoms. The number of hydrogen-bond donors (Lipinski definition) is 15. The van der Waals surface area contributed by atoms with E-state index >= 15 is 4.79 Å². The maximum atomic E-state index is 15.6. The zero-order valence-electron chi connectivity index (χ0n) is 49.3. The maximum Gasteiger partial charge on any atom is 0.335 e. The van der Waals surface area contributed by atoms with Gasteiger partial charge in [-0.1, -0.05) is 60.1 Å². The third-order valence-electron chi connectivity index (χ3n) is 22.7. The fourth-order valence-electron chi connectivity index (χ4n) is 17.5. The van der Waals surface area contributed by atoms with Gasteiger partial charge in [0.2, 0.25) is 6.29 Å². The smallest absolute Gasteiger partial charge is 0.335 e. The van der Waals surface area contributed by atoms with Gasteiger partial charge in [-0.15, -0.1) is 0 Å². The summed E-state index contributed by atoms with van der Waals surface area (Å²) in [5.41, 5.74) is -2.75. The van der Waals surface area contributed by atoms with Crippen molar-refractivity contribution in [1.29, 1.82) is 0 Å². The van der Waals surface area contributed by atoms with Crippen LogP contribution in [0.1, 0.15) is 113 Å². The molecule has 0 aromatic rings. The Balaban J connectivity index is 0.903. The number of carboxylic acids is 1. The van der Waals surface area contributed by atoms with E-state index in [2.05, 4.69) is 54.5 Å². The van der Waals surface area contributed by atoms with Gasteiger partial charge in [0.15, 0.2) is 37.4 Å². The van der Waals surface area contributed by atoms with Crippen molar-refractivity contribution >= 4 is 11.9 Å². The number of carbonyl (C=O) groups is 2. The van der Waals surface area contributed by atoms with Gasteiger partial charge in [0, 0.05) is 0 Å². The molecule has 0 aromatic carbocycles. The number of carboxylic acid groups (broad SMARTS) is 1. The molecule has 85 heavy (non-hydrogen) atoms. The predicted octanol–water partition coefficient (Wildman–Crippen LogP) is -2.84. The van der Waals surface area contributed by atoms with Crippen molar-refractivity contribution in [1.82, 2.24) is 0 Å². The summed E-state index contributed by atoms with van der Waals surface area (Å²) in [4.78, 5) is 27.5. The van der Waals surface area contributed by atoms with Crippen LogP contribution in [0.5, 0.6) is 0 Å². The number of esters is 1. The van der Waals surface area contributed by atoms with Crippen molar-refractivity contribution in [3.63, 3.8) is 0 Å². The SMILES string of the molecule is C[C@@H]1O[C@@H](O[C@H]2[C@H](OC(=O)[C@]34CCC(C)(C)C[C@H]3C3=CC[C@@H]5[C@@]6(C)CC[C@H](O[C@@H]7O[C@H](C(=O)O)[C@@H](O)[C@H](O)[C@H]7O)C(C)(C)C6CC[C@@]5(C)[C@]3(C)C[C@H]4O)OC[C@H](O)[C@@H]2O)[C@H](O)[C@H](O[C@@H]2O[C@H](CO)[C@@H](O)[C@H](O)[C@H]2O)[C@H]1O[C@@H]1OC[C@@H](O)[C@H](O)[C@H]1O. The highest BCUT2D eigenvalue weighted by Crippen LogP contribution is 2.76. The van der Waals surface area contributed by atoms with Crippen molar-refractivity contribution in [2.75, 3.05) is 19.8 Å². The minimum Gasteiger partial charge on any atom is -0.479 e. The molecule has 10 aliphatic rings. The molecule has 5 heterocycles. The Morgan fingerprint density at radius 3 is 1.82 bits per heavy atom. The standard InChI is InChI=1S/C58H92O27/c1-22-42(81-47-38(69)32(63)25(60)20-76-47)43(82-48-39(70)35(66)34(65)27(19-59)79-48)41(72)50(78-22)84-45-33(64)26(61)21-77-51(45)85-52(75)58-16-15-53(2,3)17-24(58)23-9-10-29-55(6)13-12-31(80-49-40(71)36(67)37(68)44(83-49)46(73)74)54(4,5)28(55)11-14-56(29,7)57(23,8)18-30(58)62/h9,22,24-45,47-51,59-72H,10-21H2,1-8H3,(H,73,74)/t22-,24-,25+,26-,27+,28?,29+,30+,31-,32-,33-,34+,35-,36-,37-,38+,39+,40+,41+,42-,43-,44-,45+,47-,48-,49+,50-,51-,55-,56+,57+,58+/m0/s1. The average molecular weight is 1220 g/mol. The van der Waals surface area contributed by atoms with Crippen molar-refractivity contribution in [3.8, 4) is 0 Å². The van der Waals surface area contributed by atoms with Crippen LogP contribution in [0.2, 0.25) is 0 Å². The second-order valence-corrected chi connectivity index (χ2v) is 28.3. The van der Waals surface area contributed by atoms with Crippen LogP contribution in [0.3, 0.4) is 0 Å². The maximum absolute atomic E-state index is 15.6. The van der Waals surface area contributed by atoms with E-state index in [4.69, 9.17) is 47.4 Å². The Bertz CT molecular complexity index is 2430. The van der Waals surface area contributed by atoms with E-state index in [-0.39, 0.29) is 35.5 Å². The van der Waals surface area contributed by atoms with E-state index in [0.717, 1.165) is 18.4 Å². The van der Waals surface area contributed by atoms with Crippen LogP contribution < -0.4 is 0 Å². The van der Waals surface area contributed by atoms with Crippen molar-refractivity contribution < 1.29 is 134 Å². The van der Waals surface area contributed by atoms with Crippen LogP contribution in [0.25, 0.3) is 0 Å². The molecule has 5 saturated heterocycles. The molecule has 0 amide bonds. The first-order chi connectivity index (χ1) is 39.7. The van der Waals surface area contributed by atoms with Gasteiger partial charge < -0.3 is 124 Å². The lowest BCUT2D eigenvalue weighted by atomic mass is 9.33. The number of fused-ring (bicyclic) bond motifs is 7. The van der Waals surface area contributed by atoms with Crippen molar-refractivity contribution in [2.45, 2.75) is 267 Å². The molecule has 0 bridgehead atoms. The Hall–Kier alpha value is -2.24. The number of hydrogen-bond acceptors (Lipinski definition) is 26. The molecular formula is C58H92O27. The lowest BCUT2D eigenvalue weighted by molar-refractivity contribution is -0.392. The topological polar surface area (TPSA) is 430 Å². The van der Waals surface area contributed by atoms with E-state index in [0.29, 0.717) is 32.1 Å². The predicted molar refractivity (Wildman–Crippen MR) is 284 cm³/mol. The van der Waals surface area contributed by atoms with Crippen LogP contribution in [0.15, 0.2) is 11.6 Å². The number of aliphatic hydroxyl groups excluding tert-OH is 14. The van der Waals surface area contributed by atoms with E-state index in [1.165, 1.54) is 6.92 Å². The quantitative estimate of drug-likeness (QED) is 0.0532. The minimum absolute atomic E-state index is 0.0487. The summed E-state index contributed by atoms with van der Waals surface area (Å²) in [6.07, 6.45) is -35.0. The van der Waals surface area contributed by atoms with E-state index in [9.17, 15) is 81.4 Å². The van der Waals surface area contributed by atoms with Gasteiger partial charge in [-0.25, -0.2) is 4.79 Å².